The molecule has 1 aliphatic carbocycles. The maximum absolute atomic E-state index is 12.2. The molecule has 4 nitrogen and oxygen atoms in total. The zero-order valence-electron chi connectivity index (χ0n) is 8.69. The number of hydrogen-bond donors (Lipinski definition) is 0. The average Bonchev–Trinajstić information content (AvgIpc) is 2.78. The van der Waals surface area contributed by atoms with Gasteiger partial charge in [-0.15, -0.1) is 0 Å². The highest BCUT2D eigenvalue weighted by Gasteiger charge is 2.58. The summed E-state index contributed by atoms with van der Waals surface area (Å²) in [5, 5.41) is 3.73. The maximum atomic E-state index is 12.2. The number of ketones is 2. The van der Waals surface area contributed by atoms with E-state index in [0.717, 1.165) is 0 Å². The highest BCUT2D eigenvalue weighted by molar-refractivity contribution is 6.33. The van der Waals surface area contributed by atoms with Gasteiger partial charge < -0.3 is 4.84 Å². The molecule has 0 atom stereocenters. The van der Waals surface area contributed by atoms with Crippen molar-refractivity contribution in [1.82, 2.24) is 0 Å². The molecule has 16 heavy (non-hydrogen) atoms. The summed E-state index contributed by atoms with van der Waals surface area (Å²) in [5.41, 5.74) is 0.164. The minimum Gasteiger partial charge on any atom is -0.372 e. The topological polar surface area (TPSA) is 55.7 Å². The average molecular weight is 215 g/mol. The van der Waals surface area contributed by atoms with Crippen molar-refractivity contribution in [3.63, 3.8) is 0 Å². The van der Waals surface area contributed by atoms with Gasteiger partial charge in [-0.3, -0.25) is 9.59 Å². The Bertz CT molecular complexity index is 510. The molecular formula is C12H9NO3. The van der Waals surface area contributed by atoms with Crippen molar-refractivity contribution in [2.45, 2.75) is 18.9 Å². The third-order valence-corrected chi connectivity index (χ3v) is 3.01. The first kappa shape index (κ1) is 9.27. The van der Waals surface area contributed by atoms with Crippen LogP contribution in [0.3, 0.4) is 0 Å². The van der Waals surface area contributed by atoms with E-state index in [1.54, 1.807) is 31.2 Å². The van der Waals surface area contributed by atoms with Crippen LogP contribution in [0.5, 0.6) is 0 Å². The summed E-state index contributed by atoms with van der Waals surface area (Å²) >= 11 is 0. The van der Waals surface area contributed by atoms with Crippen molar-refractivity contribution in [2.75, 3.05) is 0 Å². The van der Waals surface area contributed by atoms with Crippen LogP contribution < -0.4 is 0 Å². The van der Waals surface area contributed by atoms with Gasteiger partial charge in [0.1, 0.15) is 0 Å². The second-order valence-electron chi connectivity index (χ2n) is 4.13. The van der Waals surface area contributed by atoms with Crippen LogP contribution in [0.4, 0.5) is 0 Å². The monoisotopic (exact) mass is 215 g/mol. The minimum atomic E-state index is -1.40. The fourth-order valence-electron chi connectivity index (χ4n) is 2.24. The molecule has 4 heteroatoms. The molecule has 1 aliphatic heterocycles. The lowest BCUT2D eigenvalue weighted by molar-refractivity contribution is 0.00694. The van der Waals surface area contributed by atoms with E-state index in [0.29, 0.717) is 16.8 Å². The van der Waals surface area contributed by atoms with Crippen LogP contribution in [0.2, 0.25) is 0 Å². The summed E-state index contributed by atoms with van der Waals surface area (Å²) in [4.78, 5) is 29.4. The van der Waals surface area contributed by atoms with Crippen LogP contribution in [-0.2, 0) is 4.84 Å². The van der Waals surface area contributed by atoms with Crippen LogP contribution in [0.1, 0.15) is 34.1 Å². The highest BCUT2D eigenvalue weighted by atomic mass is 16.7. The van der Waals surface area contributed by atoms with Crippen LogP contribution in [0, 0.1) is 0 Å². The van der Waals surface area contributed by atoms with E-state index in [2.05, 4.69) is 5.16 Å². The van der Waals surface area contributed by atoms with Crippen LogP contribution in [0.15, 0.2) is 29.4 Å². The largest absolute Gasteiger partial charge is 0.372 e. The fourth-order valence-corrected chi connectivity index (χ4v) is 2.24. The molecule has 80 valence electrons. The van der Waals surface area contributed by atoms with Crippen molar-refractivity contribution < 1.29 is 14.4 Å². The molecule has 1 spiro atoms. The van der Waals surface area contributed by atoms with E-state index in [9.17, 15) is 9.59 Å². The van der Waals surface area contributed by atoms with Gasteiger partial charge in [0.05, 0.1) is 5.71 Å². The van der Waals surface area contributed by atoms with Crippen molar-refractivity contribution in [1.29, 1.82) is 0 Å². The summed E-state index contributed by atoms with van der Waals surface area (Å²) in [6.07, 6.45) is 0.263. The number of rotatable bonds is 0. The second kappa shape index (κ2) is 2.78. The third kappa shape index (κ3) is 0.913. The number of fused-ring (bicyclic) bond motifs is 1. The minimum absolute atomic E-state index is 0.263. The summed E-state index contributed by atoms with van der Waals surface area (Å²) in [7, 11) is 0. The molecule has 0 saturated carbocycles. The fraction of sp³-hybridized carbons (Fsp3) is 0.250. The lowest BCUT2D eigenvalue weighted by Gasteiger charge is -2.15. The first-order valence-electron chi connectivity index (χ1n) is 5.05. The van der Waals surface area contributed by atoms with Crippen LogP contribution in [-0.4, -0.2) is 22.9 Å². The standard InChI is InChI=1S/C12H9NO3/c1-7-6-12(16-13-7)10(14)8-4-2-3-5-9(8)11(12)15/h2-5H,6H2,1H3. The molecule has 0 radical (unpaired) electrons. The molecule has 0 saturated heterocycles. The number of carbonyl (C=O) groups excluding carboxylic acids is 2. The SMILES string of the molecule is CC1=NOC2(C1)C(=O)c1ccccc1C2=O. The van der Waals surface area contributed by atoms with E-state index in [4.69, 9.17) is 4.84 Å². The Balaban J connectivity index is 2.16. The molecule has 3 rings (SSSR count). The Hall–Kier alpha value is -1.97. The lowest BCUT2D eigenvalue weighted by atomic mass is 9.92. The third-order valence-electron chi connectivity index (χ3n) is 3.01. The molecule has 1 aromatic carbocycles. The Morgan fingerprint density at radius 1 is 1.19 bits per heavy atom. The van der Waals surface area contributed by atoms with Crippen molar-refractivity contribution in [3.05, 3.63) is 35.4 Å². The quantitative estimate of drug-likeness (QED) is 0.617. The van der Waals surface area contributed by atoms with Gasteiger partial charge in [-0.05, 0) is 6.92 Å². The molecule has 0 aromatic heterocycles. The Kier molecular flexibility index (Phi) is 1.61. The smallest absolute Gasteiger partial charge is 0.266 e. The molecular weight excluding hydrogens is 206 g/mol. The second-order valence-corrected chi connectivity index (χ2v) is 4.13. The number of Topliss-reactive ketones (excluding diaryl/α,β-unsaturated/α-hetero) is 2. The zero-order chi connectivity index (χ0) is 11.3. The molecule has 0 unspecified atom stereocenters. The first-order valence-corrected chi connectivity index (χ1v) is 5.05. The molecule has 2 aliphatic rings. The number of oxime groups is 1. The molecule has 0 N–H and O–H groups in total. The van der Waals surface area contributed by atoms with Crippen molar-refractivity contribution >= 4 is 17.3 Å². The molecule has 0 bridgehead atoms. The van der Waals surface area contributed by atoms with Gasteiger partial charge in [-0.25, -0.2) is 0 Å². The molecule has 1 heterocycles. The number of benzene rings is 1. The van der Waals surface area contributed by atoms with Gasteiger partial charge in [0.2, 0.25) is 11.6 Å². The van der Waals surface area contributed by atoms with Crippen molar-refractivity contribution in [3.8, 4) is 0 Å². The van der Waals surface area contributed by atoms with E-state index in [1.165, 1.54) is 0 Å². The summed E-state index contributed by atoms with van der Waals surface area (Å²) in [5.74, 6) is -0.539. The maximum Gasteiger partial charge on any atom is 0.266 e. The normalized spacial score (nSPS) is 20.9. The van der Waals surface area contributed by atoms with E-state index in [-0.39, 0.29) is 18.0 Å². The highest BCUT2D eigenvalue weighted by Crippen LogP contribution is 2.38. The molecule has 0 amide bonds. The molecule has 0 fully saturated rings. The van der Waals surface area contributed by atoms with Gasteiger partial charge in [0.25, 0.3) is 5.60 Å². The van der Waals surface area contributed by atoms with Gasteiger partial charge in [-0.2, -0.15) is 0 Å². The summed E-state index contributed by atoms with van der Waals surface area (Å²) in [6, 6.07) is 6.79. The van der Waals surface area contributed by atoms with Crippen molar-refractivity contribution in [2.24, 2.45) is 5.16 Å². The zero-order valence-corrected chi connectivity index (χ0v) is 8.69. The van der Waals surface area contributed by atoms with Crippen LogP contribution in [0.25, 0.3) is 0 Å². The van der Waals surface area contributed by atoms with E-state index >= 15 is 0 Å². The number of hydrogen-bond acceptors (Lipinski definition) is 4. The van der Waals surface area contributed by atoms with E-state index in [1.807, 2.05) is 0 Å². The number of carbonyl (C=O) groups is 2. The summed E-state index contributed by atoms with van der Waals surface area (Å²) < 4.78 is 0. The summed E-state index contributed by atoms with van der Waals surface area (Å²) in [6.45, 7) is 1.75. The van der Waals surface area contributed by atoms with Gasteiger partial charge >= 0.3 is 0 Å². The van der Waals surface area contributed by atoms with Gasteiger partial charge in [-0.1, -0.05) is 29.4 Å². The Morgan fingerprint density at radius 2 is 1.75 bits per heavy atom. The van der Waals surface area contributed by atoms with Gasteiger partial charge in [0.15, 0.2) is 0 Å². The first-order chi connectivity index (χ1) is 7.65. The molecule has 1 aromatic rings. The van der Waals surface area contributed by atoms with Gasteiger partial charge in [0, 0.05) is 17.5 Å². The Morgan fingerprint density at radius 3 is 2.19 bits per heavy atom. The predicted octanol–water partition coefficient (Wildman–Crippen LogP) is 1.60. The number of nitrogens with zero attached hydrogens (tertiary/aromatic N) is 1. The predicted molar refractivity (Wildman–Crippen MR) is 56.6 cm³/mol. The van der Waals surface area contributed by atoms with Crippen LogP contribution >= 0.6 is 0 Å². The van der Waals surface area contributed by atoms with E-state index < -0.39 is 5.60 Å². The Labute approximate surface area is 91.9 Å². The lowest BCUT2D eigenvalue weighted by Crippen LogP contribution is -2.41.